The normalized spacial score (nSPS) is 36.6. The van der Waals surface area contributed by atoms with Gasteiger partial charge in [0.25, 0.3) is 5.91 Å². The van der Waals surface area contributed by atoms with Gasteiger partial charge in [0.15, 0.2) is 0 Å². The Hall–Kier alpha value is -1.88. The van der Waals surface area contributed by atoms with E-state index in [1.54, 1.807) is 4.90 Å². The maximum Gasteiger partial charge on any atom is 0.253 e. The van der Waals surface area contributed by atoms with Gasteiger partial charge in [0, 0.05) is 17.6 Å². The van der Waals surface area contributed by atoms with Crippen LogP contribution in [0.2, 0.25) is 0 Å². The minimum absolute atomic E-state index is 0.0208. The summed E-state index contributed by atoms with van der Waals surface area (Å²) in [5.41, 5.74) is 1.94. The Kier molecular flexibility index (Phi) is 4.46. The van der Waals surface area contributed by atoms with E-state index in [1.807, 2.05) is 31.2 Å². The predicted molar refractivity (Wildman–Crippen MR) is 107 cm³/mol. The number of morpholine rings is 1. The second kappa shape index (κ2) is 6.87. The van der Waals surface area contributed by atoms with E-state index < -0.39 is 0 Å². The minimum atomic E-state index is -0.156. The lowest BCUT2D eigenvalue weighted by atomic mass is 9.49. The van der Waals surface area contributed by atoms with Gasteiger partial charge in [0.05, 0.1) is 12.6 Å². The summed E-state index contributed by atoms with van der Waals surface area (Å²) in [6.45, 7) is 3.08. The lowest BCUT2D eigenvalue weighted by Crippen LogP contribution is -2.56. The van der Waals surface area contributed by atoms with Crippen molar-refractivity contribution in [1.82, 2.24) is 5.32 Å². The SMILES string of the molecule is Cc1ccc(N2CC(CNC(=O)C34CC5CC(CC(C5)C3)C4)OCC2=O)cc1. The second-order valence-corrected chi connectivity index (χ2v) is 9.68. The van der Waals surface area contributed by atoms with Gasteiger partial charge in [-0.15, -0.1) is 0 Å². The summed E-state index contributed by atoms with van der Waals surface area (Å²) < 4.78 is 5.73. The average Bonchev–Trinajstić information content (AvgIpc) is 2.67. The summed E-state index contributed by atoms with van der Waals surface area (Å²) in [7, 11) is 0. The standard InChI is InChI=1S/C23H30N2O3/c1-15-2-4-19(5-3-15)25-13-20(28-14-21(25)26)12-24-22(27)23-9-16-6-17(10-23)8-18(7-16)11-23/h2-5,16-18,20H,6-14H2,1H3,(H,24,27). The van der Waals surface area contributed by atoms with Gasteiger partial charge in [-0.25, -0.2) is 0 Å². The Morgan fingerprint density at radius 3 is 2.32 bits per heavy atom. The highest BCUT2D eigenvalue weighted by molar-refractivity contribution is 5.95. The molecule has 4 saturated carbocycles. The number of hydrogen-bond acceptors (Lipinski definition) is 3. The maximum absolute atomic E-state index is 13.1. The first-order valence-corrected chi connectivity index (χ1v) is 10.8. The number of aryl methyl sites for hydroxylation is 1. The lowest BCUT2D eigenvalue weighted by molar-refractivity contribution is -0.147. The first kappa shape index (κ1) is 18.2. The van der Waals surface area contributed by atoms with Crippen molar-refractivity contribution in [3.8, 4) is 0 Å². The van der Waals surface area contributed by atoms with Gasteiger partial charge < -0.3 is 15.0 Å². The molecule has 1 aromatic rings. The summed E-state index contributed by atoms with van der Waals surface area (Å²) >= 11 is 0. The summed E-state index contributed by atoms with van der Waals surface area (Å²) in [6.07, 6.45) is 7.08. The second-order valence-electron chi connectivity index (χ2n) is 9.68. The molecule has 0 spiro atoms. The molecule has 0 aromatic heterocycles. The van der Waals surface area contributed by atoms with Crippen LogP contribution in [-0.2, 0) is 14.3 Å². The van der Waals surface area contributed by atoms with Crippen LogP contribution in [0.25, 0.3) is 0 Å². The van der Waals surface area contributed by atoms with Crippen molar-refractivity contribution >= 4 is 17.5 Å². The van der Waals surface area contributed by atoms with Crippen LogP contribution in [0, 0.1) is 30.1 Å². The molecule has 4 bridgehead atoms. The highest BCUT2D eigenvalue weighted by Crippen LogP contribution is 2.60. The van der Waals surface area contributed by atoms with E-state index in [4.69, 9.17) is 4.74 Å². The molecule has 5 aliphatic rings. The zero-order valence-electron chi connectivity index (χ0n) is 16.7. The minimum Gasteiger partial charge on any atom is -0.365 e. The molecule has 2 amide bonds. The Bertz CT molecular complexity index is 737. The molecule has 5 fully saturated rings. The van der Waals surface area contributed by atoms with Crippen molar-refractivity contribution in [1.29, 1.82) is 0 Å². The van der Waals surface area contributed by atoms with Crippen molar-refractivity contribution in [2.45, 2.75) is 51.6 Å². The van der Waals surface area contributed by atoms with Crippen molar-refractivity contribution < 1.29 is 14.3 Å². The molecule has 5 nitrogen and oxygen atoms in total. The van der Waals surface area contributed by atoms with Crippen LogP contribution in [0.1, 0.15) is 44.1 Å². The number of carbonyl (C=O) groups excluding carboxylic acids is 2. The van der Waals surface area contributed by atoms with Crippen LogP contribution in [0.4, 0.5) is 5.69 Å². The summed E-state index contributed by atoms with van der Waals surface area (Å²) in [6, 6.07) is 7.98. The average molecular weight is 383 g/mol. The van der Waals surface area contributed by atoms with E-state index in [0.29, 0.717) is 13.1 Å². The molecule has 6 rings (SSSR count). The fourth-order valence-corrected chi connectivity index (χ4v) is 6.51. The van der Waals surface area contributed by atoms with Gasteiger partial charge >= 0.3 is 0 Å². The molecule has 0 radical (unpaired) electrons. The van der Waals surface area contributed by atoms with Crippen LogP contribution in [0.3, 0.4) is 0 Å². The number of benzene rings is 1. The number of amides is 2. The number of nitrogens with zero attached hydrogens (tertiary/aromatic N) is 1. The van der Waals surface area contributed by atoms with E-state index in [-0.39, 0.29) is 29.9 Å². The van der Waals surface area contributed by atoms with E-state index in [0.717, 1.165) is 42.7 Å². The van der Waals surface area contributed by atoms with E-state index in [2.05, 4.69) is 5.32 Å². The molecule has 1 saturated heterocycles. The van der Waals surface area contributed by atoms with Gasteiger partial charge in [-0.05, 0) is 75.3 Å². The first-order valence-electron chi connectivity index (χ1n) is 10.8. The zero-order valence-corrected chi connectivity index (χ0v) is 16.7. The predicted octanol–water partition coefficient (Wildman–Crippen LogP) is 3.06. The summed E-state index contributed by atoms with van der Waals surface area (Å²) in [4.78, 5) is 27.2. The fraction of sp³-hybridized carbons (Fsp3) is 0.652. The fourth-order valence-electron chi connectivity index (χ4n) is 6.51. The van der Waals surface area contributed by atoms with Gasteiger partial charge in [-0.1, -0.05) is 17.7 Å². The summed E-state index contributed by atoms with van der Waals surface area (Å²) in [5.74, 6) is 2.49. The monoisotopic (exact) mass is 382 g/mol. The zero-order chi connectivity index (χ0) is 19.3. The Morgan fingerprint density at radius 1 is 1.11 bits per heavy atom. The third-order valence-corrected chi connectivity index (χ3v) is 7.49. The molecule has 4 aliphatic carbocycles. The van der Waals surface area contributed by atoms with Crippen molar-refractivity contribution in [3.63, 3.8) is 0 Å². The molecule has 28 heavy (non-hydrogen) atoms. The molecular weight excluding hydrogens is 352 g/mol. The van der Waals surface area contributed by atoms with Crippen molar-refractivity contribution in [2.75, 3.05) is 24.6 Å². The van der Waals surface area contributed by atoms with Crippen LogP contribution < -0.4 is 10.2 Å². The molecule has 1 N–H and O–H groups in total. The van der Waals surface area contributed by atoms with E-state index in [9.17, 15) is 9.59 Å². The highest BCUT2D eigenvalue weighted by Gasteiger charge is 2.54. The smallest absolute Gasteiger partial charge is 0.253 e. The van der Waals surface area contributed by atoms with E-state index in [1.165, 1.54) is 24.8 Å². The molecule has 1 aromatic carbocycles. The molecule has 1 atom stereocenters. The van der Waals surface area contributed by atoms with Crippen LogP contribution >= 0.6 is 0 Å². The number of ether oxygens (including phenoxy) is 1. The van der Waals surface area contributed by atoms with Crippen LogP contribution in [0.15, 0.2) is 24.3 Å². The Labute approximate surface area is 166 Å². The summed E-state index contributed by atoms with van der Waals surface area (Å²) in [5, 5.41) is 3.20. The van der Waals surface area contributed by atoms with Crippen LogP contribution in [0.5, 0.6) is 0 Å². The number of rotatable bonds is 4. The quantitative estimate of drug-likeness (QED) is 0.871. The van der Waals surface area contributed by atoms with Crippen molar-refractivity contribution in [3.05, 3.63) is 29.8 Å². The molecule has 150 valence electrons. The molecular formula is C23H30N2O3. The topological polar surface area (TPSA) is 58.6 Å². The largest absolute Gasteiger partial charge is 0.365 e. The van der Waals surface area contributed by atoms with E-state index >= 15 is 0 Å². The number of carbonyl (C=O) groups is 2. The number of hydrogen-bond donors (Lipinski definition) is 1. The molecule has 1 unspecified atom stereocenters. The van der Waals surface area contributed by atoms with Gasteiger partial charge in [-0.3, -0.25) is 9.59 Å². The first-order chi connectivity index (χ1) is 13.5. The molecule has 1 aliphatic heterocycles. The van der Waals surface area contributed by atoms with Crippen molar-refractivity contribution in [2.24, 2.45) is 23.2 Å². The number of nitrogens with one attached hydrogen (secondary N) is 1. The molecule has 1 heterocycles. The third-order valence-electron chi connectivity index (χ3n) is 7.49. The number of anilines is 1. The lowest BCUT2D eigenvalue weighted by Gasteiger charge is -2.55. The maximum atomic E-state index is 13.1. The van der Waals surface area contributed by atoms with Gasteiger partial charge in [0.1, 0.15) is 6.61 Å². The van der Waals surface area contributed by atoms with Gasteiger partial charge in [-0.2, -0.15) is 0 Å². The van der Waals surface area contributed by atoms with Gasteiger partial charge in [0.2, 0.25) is 5.91 Å². The highest BCUT2D eigenvalue weighted by atomic mass is 16.5. The third kappa shape index (κ3) is 3.24. The molecule has 5 heteroatoms. The Morgan fingerprint density at radius 2 is 1.71 bits per heavy atom. The Balaban J connectivity index is 1.21. The van der Waals surface area contributed by atoms with Crippen LogP contribution in [-0.4, -0.2) is 37.6 Å².